The smallest absolute Gasteiger partial charge is 0.224 e. The minimum Gasteiger partial charge on any atom is -0.354 e. The van der Waals surface area contributed by atoms with Crippen molar-refractivity contribution in [2.45, 2.75) is 32.7 Å². The molecule has 5 nitrogen and oxygen atoms in total. The first kappa shape index (κ1) is 25.5. The maximum atomic E-state index is 12.1. The maximum Gasteiger partial charge on any atom is 0.224 e. The third-order valence-corrected chi connectivity index (χ3v) is 4.72. The molecule has 23 heavy (non-hydrogen) atoms. The van der Waals surface area contributed by atoms with Crippen LogP contribution in [-0.4, -0.2) is 74.1 Å². The van der Waals surface area contributed by atoms with E-state index in [0.29, 0.717) is 6.04 Å². The lowest BCUT2D eigenvalue weighted by atomic mass is 9.99. The molecular weight excluding hydrogens is 359 g/mol. The molecular formula is C15H33Cl3N4O. The largest absolute Gasteiger partial charge is 0.354 e. The van der Waals surface area contributed by atoms with Gasteiger partial charge < -0.3 is 15.5 Å². The van der Waals surface area contributed by atoms with Crippen LogP contribution in [0, 0.1) is 5.92 Å². The number of piperazine rings is 1. The van der Waals surface area contributed by atoms with Crippen molar-refractivity contribution in [1.82, 2.24) is 20.4 Å². The molecule has 2 unspecified atom stereocenters. The van der Waals surface area contributed by atoms with Crippen molar-refractivity contribution >= 4 is 43.1 Å². The number of nitrogens with one attached hydrogen (secondary N) is 2. The van der Waals surface area contributed by atoms with Crippen LogP contribution in [0.4, 0.5) is 0 Å². The van der Waals surface area contributed by atoms with Gasteiger partial charge in [-0.25, -0.2) is 0 Å². The molecule has 0 aromatic rings. The Balaban J connectivity index is 0. The van der Waals surface area contributed by atoms with Gasteiger partial charge in [-0.2, -0.15) is 0 Å². The fourth-order valence-electron chi connectivity index (χ4n) is 3.12. The highest BCUT2D eigenvalue weighted by atomic mass is 35.5. The number of carbonyl (C=O) groups excluding carboxylic acids is 1. The fourth-order valence-corrected chi connectivity index (χ4v) is 3.12. The summed E-state index contributed by atoms with van der Waals surface area (Å²) < 4.78 is 0. The molecule has 0 aliphatic carbocycles. The number of likely N-dealkylation sites (N-methyl/N-ethyl adjacent to an activating group) is 1. The van der Waals surface area contributed by atoms with Gasteiger partial charge in [0.25, 0.3) is 0 Å². The zero-order chi connectivity index (χ0) is 14.4. The third kappa shape index (κ3) is 8.23. The zero-order valence-corrected chi connectivity index (χ0v) is 16.7. The summed E-state index contributed by atoms with van der Waals surface area (Å²) in [4.78, 5) is 17.1. The van der Waals surface area contributed by atoms with Gasteiger partial charge in [0.1, 0.15) is 0 Å². The molecule has 2 fully saturated rings. The summed E-state index contributed by atoms with van der Waals surface area (Å²) in [5, 5.41) is 6.44. The first-order valence-electron chi connectivity index (χ1n) is 8.15. The van der Waals surface area contributed by atoms with Crippen molar-refractivity contribution in [1.29, 1.82) is 0 Å². The second-order valence-corrected chi connectivity index (χ2v) is 6.11. The standard InChI is InChI=1S/C15H30N4O.3ClH/c1-3-18-7-9-19(10-8-18)13(2)11-17-15(20)14-5-4-6-16-12-14;;;/h13-14,16H,3-12H2,1-2H3,(H,17,20);3*1H. The van der Waals surface area contributed by atoms with E-state index in [1.165, 1.54) is 0 Å². The highest BCUT2D eigenvalue weighted by Gasteiger charge is 2.23. The normalized spacial score (nSPS) is 23.7. The second kappa shape index (κ2) is 13.5. The molecule has 2 aliphatic heterocycles. The molecule has 0 aromatic heterocycles. The summed E-state index contributed by atoms with van der Waals surface area (Å²) in [6.07, 6.45) is 2.15. The van der Waals surface area contributed by atoms with E-state index >= 15 is 0 Å². The quantitative estimate of drug-likeness (QED) is 0.743. The summed E-state index contributed by atoms with van der Waals surface area (Å²) in [7, 11) is 0. The Morgan fingerprint density at radius 3 is 2.39 bits per heavy atom. The first-order chi connectivity index (χ1) is 9.70. The van der Waals surface area contributed by atoms with Gasteiger partial charge in [0.2, 0.25) is 5.91 Å². The lowest BCUT2D eigenvalue weighted by Crippen LogP contribution is -2.52. The van der Waals surface area contributed by atoms with Crippen LogP contribution in [0.5, 0.6) is 0 Å². The van der Waals surface area contributed by atoms with Crippen LogP contribution in [0.3, 0.4) is 0 Å². The Kier molecular flexibility index (Phi) is 14.9. The number of hydrogen-bond acceptors (Lipinski definition) is 4. The van der Waals surface area contributed by atoms with Gasteiger partial charge in [-0.3, -0.25) is 9.69 Å². The molecule has 1 amide bonds. The van der Waals surface area contributed by atoms with Crippen molar-refractivity contribution < 1.29 is 4.79 Å². The molecule has 8 heteroatoms. The van der Waals surface area contributed by atoms with Crippen molar-refractivity contribution in [3.8, 4) is 0 Å². The van der Waals surface area contributed by atoms with Gasteiger partial charge in [0.15, 0.2) is 0 Å². The minimum absolute atomic E-state index is 0. The Hall–Kier alpha value is 0.220. The molecule has 2 heterocycles. The second-order valence-electron chi connectivity index (χ2n) is 6.11. The molecule has 0 radical (unpaired) electrons. The predicted octanol–water partition coefficient (Wildman–Crippen LogP) is 1.39. The van der Waals surface area contributed by atoms with E-state index in [0.717, 1.165) is 65.2 Å². The molecule has 0 aromatic carbocycles. The minimum atomic E-state index is 0. The summed E-state index contributed by atoms with van der Waals surface area (Å²) in [5.41, 5.74) is 0. The average Bonchev–Trinajstić information content (AvgIpc) is 2.53. The fraction of sp³-hybridized carbons (Fsp3) is 0.933. The van der Waals surface area contributed by atoms with E-state index in [-0.39, 0.29) is 49.0 Å². The number of halogens is 3. The predicted molar refractivity (Wildman–Crippen MR) is 103 cm³/mol. The first-order valence-corrected chi connectivity index (χ1v) is 8.15. The summed E-state index contributed by atoms with van der Waals surface area (Å²) in [6, 6.07) is 0.439. The Morgan fingerprint density at radius 2 is 1.87 bits per heavy atom. The molecule has 2 atom stereocenters. The number of carbonyl (C=O) groups is 1. The molecule has 0 bridgehead atoms. The maximum absolute atomic E-state index is 12.1. The number of piperidine rings is 1. The molecule has 140 valence electrons. The molecule has 2 aliphatic rings. The number of hydrogen-bond donors (Lipinski definition) is 2. The van der Waals surface area contributed by atoms with Crippen LogP contribution in [-0.2, 0) is 4.79 Å². The monoisotopic (exact) mass is 390 g/mol. The van der Waals surface area contributed by atoms with E-state index in [9.17, 15) is 4.79 Å². The van der Waals surface area contributed by atoms with Gasteiger partial charge in [0.05, 0.1) is 5.92 Å². The summed E-state index contributed by atoms with van der Waals surface area (Å²) in [5.74, 6) is 0.407. The summed E-state index contributed by atoms with van der Waals surface area (Å²) in [6.45, 7) is 12.8. The van der Waals surface area contributed by atoms with Gasteiger partial charge in [-0.05, 0) is 32.9 Å². The van der Waals surface area contributed by atoms with Crippen LogP contribution >= 0.6 is 37.2 Å². The van der Waals surface area contributed by atoms with E-state index < -0.39 is 0 Å². The number of rotatable bonds is 5. The number of amides is 1. The third-order valence-electron chi connectivity index (χ3n) is 4.72. The van der Waals surface area contributed by atoms with Gasteiger partial charge in [-0.1, -0.05) is 6.92 Å². The van der Waals surface area contributed by atoms with Crippen LogP contribution in [0.15, 0.2) is 0 Å². The lowest BCUT2D eigenvalue weighted by Gasteiger charge is -2.37. The highest BCUT2D eigenvalue weighted by Crippen LogP contribution is 2.10. The van der Waals surface area contributed by atoms with Crippen LogP contribution in [0.2, 0.25) is 0 Å². The van der Waals surface area contributed by atoms with E-state index in [2.05, 4.69) is 34.3 Å². The Labute approximate surface area is 159 Å². The van der Waals surface area contributed by atoms with E-state index in [4.69, 9.17) is 0 Å². The summed E-state index contributed by atoms with van der Waals surface area (Å²) >= 11 is 0. The molecule has 2 saturated heterocycles. The molecule has 0 spiro atoms. The molecule has 0 saturated carbocycles. The van der Waals surface area contributed by atoms with Crippen molar-refractivity contribution in [2.24, 2.45) is 5.92 Å². The average molecular weight is 392 g/mol. The van der Waals surface area contributed by atoms with Gasteiger partial charge in [-0.15, -0.1) is 37.2 Å². The van der Waals surface area contributed by atoms with Crippen molar-refractivity contribution in [2.75, 3.05) is 52.4 Å². The van der Waals surface area contributed by atoms with Gasteiger partial charge in [0, 0.05) is 45.3 Å². The Morgan fingerprint density at radius 1 is 1.22 bits per heavy atom. The SMILES string of the molecule is CCN1CCN(C(C)CNC(=O)C2CCCNC2)CC1.Cl.Cl.Cl. The van der Waals surface area contributed by atoms with Crippen LogP contribution in [0.25, 0.3) is 0 Å². The van der Waals surface area contributed by atoms with Crippen LogP contribution < -0.4 is 10.6 Å². The lowest BCUT2D eigenvalue weighted by molar-refractivity contribution is -0.125. The molecule has 2 N–H and O–H groups in total. The Bertz CT molecular complexity index is 309. The van der Waals surface area contributed by atoms with Crippen molar-refractivity contribution in [3.63, 3.8) is 0 Å². The highest BCUT2D eigenvalue weighted by molar-refractivity contribution is 5.86. The number of nitrogens with zero attached hydrogens (tertiary/aromatic N) is 2. The molecule has 2 rings (SSSR count). The zero-order valence-electron chi connectivity index (χ0n) is 14.3. The van der Waals surface area contributed by atoms with E-state index in [1.54, 1.807) is 0 Å². The van der Waals surface area contributed by atoms with Gasteiger partial charge >= 0.3 is 0 Å². The van der Waals surface area contributed by atoms with E-state index in [1.807, 2.05) is 0 Å². The van der Waals surface area contributed by atoms with Crippen molar-refractivity contribution in [3.05, 3.63) is 0 Å². The van der Waals surface area contributed by atoms with Crippen LogP contribution in [0.1, 0.15) is 26.7 Å². The topological polar surface area (TPSA) is 47.6 Å².